The summed E-state index contributed by atoms with van der Waals surface area (Å²) in [4.78, 5) is 0. The van der Waals surface area contributed by atoms with E-state index < -0.39 is 0 Å². The molecule has 0 radical (unpaired) electrons. The molecule has 8 aromatic rings. The standard InChI is InChI=1S/C47H41N3/c1-47(2,3)30-31-13-12-14-32(27-31)48-45-25-23-33(49-41-19-8-4-15-35(41)36-16-5-9-20-42(36)49)28-39(45)40-29-34(24-26-46(40)48)50-43-21-10-6-17-37(43)38-18-7-11-22-44(38)50/h4-22,27-29H,23-26,30H2,1-3H3. The van der Waals surface area contributed by atoms with Crippen LogP contribution in [-0.2, 0) is 19.3 Å². The average Bonchev–Trinajstić information content (AvgIpc) is 3.76. The van der Waals surface area contributed by atoms with E-state index in [9.17, 15) is 0 Å². The maximum Gasteiger partial charge on any atom is 0.0537 e. The molecule has 0 spiro atoms. The van der Waals surface area contributed by atoms with Crippen molar-refractivity contribution in [3.05, 3.63) is 149 Å². The first-order valence-electron chi connectivity index (χ1n) is 18.2. The van der Waals surface area contributed by atoms with Crippen LogP contribution in [0.15, 0.2) is 121 Å². The van der Waals surface area contributed by atoms with E-state index in [0.717, 1.165) is 32.1 Å². The lowest BCUT2D eigenvalue weighted by Gasteiger charge is -2.22. The summed E-state index contributed by atoms with van der Waals surface area (Å²) < 4.78 is 7.69. The van der Waals surface area contributed by atoms with Crippen LogP contribution in [0.3, 0.4) is 0 Å². The summed E-state index contributed by atoms with van der Waals surface area (Å²) in [5, 5.41) is 5.27. The summed E-state index contributed by atoms with van der Waals surface area (Å²) in [7, 11) is 0. The summed E-state index contributed by atoms with van der Waals surface area (Å²) in [5.41, 5.74) is 16.4. The van der Waals surface area contributed by atoms with E-state index >= 15 is 0 Å². The molecular weight excluding hydrogens is 607 g/mol. The summed E-state index contributed by atoms with van der Waals surface area (Å²) in [6.07, 6.45) is 10.1. The van der Waals surface area contributed by atoms with Gasteiger partial charge in [0.15, 0.2) is 0 Å². The van der Waals surface area contributed by atoms with Crippen molar-refractivity contribution in [1.82, 2.24) is 13.7 Å². The van der Waals surface area contributed by atoms with Gasteiger partial charge >= 0.3 is 0 Å². The molecule has 0 unspecified atom stereocenters. The number of nitrogens with zero attached hydrogens (tertiary/aromatic N) is 3. The SMILES string of the molecule is CC(C)(C)Cc1cccc(-n2c3c(c4c2CCC(n2c5ccccc5c5ccccc52)=C4)C=C(n2c4ccccc4c4ccccc42)CC3)c1. The molecule has 0 N–H and O–H groups in total. The van der Waals surface area contributed by atoms with Crippen molar-refractivity contribution < 1.29 is 0 Å². The quantitative estimate of drug-likeness (QED) is 0.181. The Morgan fingerprint density at radius 1 is 0.460 bits per heavy atom. The minimum absolute atomic E-state index is 0.230. The Morgan fingerprint density at radius 2 is 0.880 bits per heavy atom. The van der Waals surface area contributed by atoms with E-state index in [1.807, 2.05) is 0 Å². The molecule has 50 heavy (non-hydrogen) atoms. The van der Waals surface area contributed by atoms with Gasteiger partial charge in [-0.25, -0.2) is 0 Å². The molecule has 0 aliphatic heterocycles. The normalized spacial score (nSPS) is 14.7. The van der Waals surface area contributed by atoms with Gasteiger partial charge in [0, 0.05) is 61.1 Å². The molecule has 2 aliphatic rings. The van der Waals surface area contributed by atoms with Crippen LogP contribution in [0.4, 0.5) is 0 Å². The van der Waals surface area contributed by atoms with Crippen LogP contribution in [0, 0.1) is 5.41 Å². The number of hydrogen-bond acceptors (Lipinski definition) is 0. The highest BCUT2D eigenvalue weighted by atomic mass is 15.0. The van der Waals surface area contributed by atoms with Crippen molar-refractivity contribution >= 4 is 67.2 Å². The van der Waals surface area contributed by atoms with Gasteiger partial charge in [-0.2, -0.15) is 0 Å². The third kappa shape index (κ3) is 4.49. The zero-order valence-electron chi connectivity index (χ0n) is 29.1. The molecule has 0 saturated carbocycles. The van der Waals surface area contributed by atoms with Gasteiger partial charge in [-0.3, -0.25) is 0 Å². The lowest BCUT2D eigenvalue weighted by atomic mass is 9.88. The van der Waals surface area contributed by atoms with E-state index in [-0.39, 0.29) is 5.41 Å². The zero-order chi connectivity index (χ0) is 33.6. The summed E-state index contributed by atoms with van der Waals surface area (Å²) in [6.45, 7) is 7.00. The minimum atomic E-state index is 0.230. The van der Waals surface area contributed by atoms with E-state index in [4.69, 9.17) is 0 Å². The Balaban J connectivity index is 1.22. The van der Waals surface area contributed by atoms with Gasteiger partial charge in [0.25, 0.3) is 0 Å². The molecule has 0 bridgehead atoms. The molecule has 10 rings (SSSR count). The van der Waals surface area contributed by atoms with Crippen LogP contribution in [0.1, 0.15) is 61.7 Å². The fraction of sp³-hybridized carbons (Fsp3) is 0.191. The number of benzene rings is 5. The maximum absolute atomic E-state index is 2.63. The number of hydrogen-bond donors (Lipinski definition) is 0. The molecular formula is C47H41N3. The molecule has 0 saturated heterocycles. The largest absolute Gasteiger partial charge is 0.317 e. The zero-order valence-corrected chi connectivity index (χ0v) is 29.1. The first kappa shape index (κ1) is 29.4. The number of aromatic nitrogens is 3. The van der Waals surface area contributed by atoms with Crippen LogP contribution in [0.2, 0.25) is 0 Å². The Bertz CT molecular complexity index is 2450. The van der Waals surface area contributed by atoms with Crippen molar-refractivity contribution in [1.29, 1.82) is 0 Å². The summed E-state index contributed by atoms with van der Waals surface area (Å²) in [5.74, 6) is 0. The van der Waals surface area contributed by atoms with Gasteiger partial charge in [0.05, 0.1) is 22.1 Å². The van der Waals surface area contributed by atoms with Gasteiger partial charge in [-0.15, -0.1) is 0 Å². The lowest BCUT2D eigenvalue weighted by Crippen LogP contribution is -2.12. The van der Waals surface area contributed by atoms with Crippen molar-refractivity contribution in [2.75, 3.05) is 0 Å². The highest BCUT2D eigenvalue weighted by Crippen LogP contribution is 2.44. The molecule has 3 aromatic heterocycles. The molecule has 0 atom stereocenters. The van der Waals surface area contributed by atoms with Crippen LogP contribution >= 0.6 is 0 Å². The number of para-hydroxylation sites is 4. The third-order valence-corrected chi connectivity index (χ3v) is 10.9. The predicted molar refractivity (Wildman–Crippen MR) is 213 cm³/mol. The Kier molecular flexibility index (Phi) is 6.45. The smallest absolute Gasteiger partial charge is 0.0537 e. The second kappa shape index (κ2) is 11.0. The van der Waals surface area contributed by atoms with E-state index in [1.165, 1.54) is 88.8 Å². The molecule has 3 heterocycles. The minimum Gasteiger partial charge on any atom is -0.317 e. The van der Waals surface area contributed by atoms with Crippen molar-refractivity contribution in [3.63, 3.8) is 0 Å². The topological polar surface area (TPSA) is 14.8 Å². The van der Waals surface area contributed by atoms with E-state index in [1.54, 1.807) is 0 Å². The van der Waals surface area contributed by atoms with Crippen molar-refractivity contribution in [2.24, 2.45) is 5.41 Å². The molecule has 2 aliphatic carbocycles. The molecule has 0 fully saturated rings. The number of allylic oxidation sites excluding steroid dienone is 2. The molecule has 3 nitrogen and oxygen atoms in total. The predicted octanol–water partition coefficient (Wildman–Crippen LogP) is 12.2. The van der Waals surface area contributed by atoms with Gasteiger partial charge in [0.2, 0.25) is 0 Å². The fourth-order valence-electron chi connectivity index (χ4n) is 9.05. The third-order valence-electron chi connectivity index (χ3n) is 10.9. The Labute approximate surface area is 293 Å². The van der Waals surface area contributed by atoms with Crippen LogP contribution < -0.4 is 0 Å². The summed E-state index contributed by atoms with van der Waals surface area (Å²) in [6, 6.07) is 44.9. The number of rotatable bonds is 4. The van der Waals surface area contributed by atoms with Crippen molar-refractivity contribution in [3.8, 4) is 5.69 Å². The van der Waals surface area contributed by atoms with Crippen LogP contribution in [0.25, 0.3) is 72.8 Å². The fourth-order valence-corrected chi connectivity index (χ4v) is 9.05. The average molecular weight is 648 g/mol. The van der Waals surface area contributed by atoms with Crippen molar-refractivity contribution in [2.45, 2.75) is 52.9 Å². The van der Waals surface area contributed by atoms with E-state index in [2.05, 4.69) is 168 Å². The summed E-state index contributed by atoms with van der Waals surface area (Å²) >= 11 is 0. The molecule has 3 heteroatoms. The van der Waals surface area contributed by atoms with Crippen LogP contribution in [0.5, 0.6) is 0 Å². The highest BCUT2D eigenvalue weighted by Gasteiger charge is 2.29. The maximum atomic E-state index is 2.63. The lowest BCUT2D eigenvalue weighted by molar-refractivity contribution is 0.411. The van der Waals surface area contributed by atoms with Gasteiger partial charge in [-0.1, -0.05) is 106 Å². The highest BCUT2D eigenvalue weighted by molar-refractivity contribution is 6.12. The monoisotopic (exact) mass is 647 g/mol. The van der Waals surface area contributed by atoms with E-state index in [0.29, 0.717) is 0 Å². The Hall–Kier alpha value is -5.54. The first-order chi connectivity index (χ1) is 24.4. The molecule has 244 valence electrons. The van der Waals surface area contributed by atoms with Crippen LogP contribution in [-0.4, -0.2) is 13.7 Å². The Morgan fingerprint density at radius 3 is 1.30 bits per heavy atom. The second-order valence-corrected chi connectivity index (χ2v) is 15.5. The van der Waals surface area contributed by atoms with Gasteiger partial charge in [0.1, 0.15) is 0 Å². The first-order valence-corrected chi connectivity index (χ1v) is 18.2. The molecule has 5 aromatic carbocycles. The number of fused-ring (bicyclic) bond motifs is 9. The second-order valence-electron chi connectivity index (χ2n) is 15.5. The van der Waals surface area contributed by atoms with Gasteiger partial charge in [-0.05, 0) is 91.6 Å². The van der Waals surface area contributed by atoms with Gasteiger partial charge < -0.3 is 13.7 Å². The molecule has 0 amide bonds.